The number of hydrogen-bond acceptors (Lipinski definition) is 2. The Morgan fingerprint density at radius 1 is 1.20 bits per heavy atom. The number of rotatable bonds is 6. The molecule has 2 rings (SSSR count). The molecule has 0 aromatic rings. The first-order valence-electron chi connectivity index (χ1n) is 6.28. The molecule has 2 saturated carbocycles. The zero-order valence-electron chi connectivity index (χ0n) is 9.45. The van der Waals surface area contributed by atoms with Gasteiger partial charge >= 0.3 is 0 Å². The molecule has 0 unspecified atom stereocenters. The van der Waals surface area contributed by atoms with E-state index in [1.54, 1.807) is 0 Å². The van der Waals surface area contributed by atoms with Crippen molar-refractivity contribution < 1.29 is 0 Å². The Morgan fingerprint density at radius 3 is 2.40 bits per heavy atom. The van der Waals surface area contributed by atoms with E-state index in [9.17, 15) is 0 Å². The summed E-state index contributed by atoms with van der Waals surface area (Å²) in [7, 11) is 0. The van der Waals surface area contributed by atoms with Gasteiger partial charge in [0.1, 0.15) is 0 Å². The lowest BCUT2D eigenvalue weighted by atomic mass is 10.2. The highest BCUT2D eigenvalue weighted by Gasteiger charge is 2.26. The molecule has 2 nitrogen and oxygen atoms in total. The van der Waals surface area contributed by atoms with Crippen molar-refractivity contribution in [2.24, 2.45) is 11.7 Å². The summed E-state index contributed by atoms with van der Waals surface area (Å²) < 4.78 is 0. The van der Waals surface area contributed by atoms with Gasteiger partial charge in [-0.1, -0.05) is 37.9 Å². The van der Waals surface area contributed by atoms with Gasteiger partial charge in [0.05, 0.1) is 4.99 Å². The summed E-state index contributed by atoms with van der Waals surface area (Å²) in [4.78, 5) is 3.20. The molecule has 2 aliphatic carbocycles. The van der Waals surface area contributed by atoms with Crippen LogP contribution in [-0.4, -0.2) is 29.0 Å². The second-order valence-corrected chi connectivity index (χ2v) is 5.63. The highest BCUT2D eigenvalue weighted by Crippen LogP contribution is 2.33. The van der Waals surface area contributed by atoms with Gasteiger partial charge in [-0.2, -0.15) is 0 Å². The number of hydrogen-bond donors (Lipinski definition) is 1. The van der Waals surface area contributed by atoms with Crippen LogP contribution in [-0.2, 0) is 0 Å². The lowest BCUT2D eigenvalue weighted by Gasteiger charge is -2.28. The summed E-state index contributed by atoms with van der Waals surface area (Å²) in [6, 6.07) is 0.769. The third-order valence-electron chi connectivity index (χ3n) is 3.72. The van der Waals surface area contributed by atoms with Gasteiger partial charge in [0, 0.05) is 12.6 Å². The summed E-state index contributed by atoms with van der Waals surface area (Å²) in [6.07, 6.45) is 9.75. The van der Waals surface area contributed by atoms with E-state index >= 15 is 0 Å². The van der Waals surface area contributed by atoms with Crippen LogP contribution in [0.4, 0.5) is 0 Å². The van der Waals surface area contributed by atoms with E-state index < -0.39 is 0 Å². The van der Waals surface area contributed by atoms with Gasteiger partial charge < -0.3 is 5.73 Å². The smallest absolute Gasteiger partial charge is 0.0870 e. The van der Waals surface area contributed by atoms with Crippen molar-refractivity contribution in [2.75, 3.05) is 13.1 Å². The molecular formula is C12H22N2S. The van der Waals surface area contributed by atoms with Gasteiger partial charge in [0.25, 0.3) is 0 Å². The fraction of sp³-hybridized carbons (Fsp3) is 0.917. The minimum absolute atomic E-state index is 0.665. The first kappa shape index (κ1) is 11.3. The van der Waals surface area contributed by atoms with Crippen LogP contribution < -0.4 is 5.73 Å². The third kappa shape index (κ3) is 3.72. The fourth-order valence-corrected chi connectivity index (χ4v) is 2.78. The van der Waals surface area contributed by atoms with Gasteiger partial charge in [-0.25, -0.2) is 0 Å². The normalized spacial score (nSPS) is 22.5. The van der Waals surface area contributed by atoms with Crippen molar-refractivity contribution in [3.8, 4) is 0 Å². The Balaban J connectivity index is 1.79. The Labute approximate surface area is 98.2 Å². The van der Waals surface area contributed by atoms with Gasteiger partial charge in [-0.15, -0.1) is 0 Å². The van der Waals surface area contributed by atoms with E-state index in [0.717, 1.165) is 18.5 Å². The molecule has 0 aromatic heterocycles. The first-order chi connectivity index (χ1) is 7.25. The minimum atomic E-state index is 0.665. The van der Waals surface area contributed by atoms with Crippen molar-refractivity contribution in [3.05, 3.63) is 0 Å². The molecule has 0 radical (unpaired) electrons. The maximum Gasteiger partial charge on any atom is 0.0870 e. The van der Waals surface area contributed by atoms with Crippen LogP contribution in [0.1, 0.15) is 44.9 Å². The molecule has 0 atom stereocenters. The second kappa shape index (κ2) is 5.26. The van der Waals surface area contributed by atoms with E-state index in [1.165, 1.54) is 51.5 Å². The molecule has 0 spiro atoms. The first-order valence-corrected chi connectivity index (χ1v) is 6.69. The van der Waals surface area contributed by atoms with E-state index in [4.69, 9.17) is 18.0 Å². The Bertz CT molecular complexity index is 220. The molecule has 86 valence electrons. The average Bonchev–Trinajstić information content (AvgIpc) is 2.85. The summed E-state index contributed by atoms with van der Waals surface area (Å²) in [6.45, 7) is 2.05. The number of nitrogens with zero attached hydrogens (tertiary/aromatic N) is 1. The van der Waals surface area contributed by atoms with Gasteiger partial charge in [-0.3, -0.25) is 4.90 Å². The zero-order valence-corrected chi connectivity index (χ0v) is 10.3. The van der Waals surface area contributed by atoms with Crippen LogP contribution in [0.5, 0.6) is 0 Å². The van der Waals surface area contributed by atoms with E-state index in [2.05, 4.69) is 4.90 Å². The third-order valence-corrected chi connectivity index (χ3v) is 3.85. The number of thiocarbonyl (C=S) groups is 1. The molecule has 3 heteroatoms. The summed E-state index contributed by atoms with van der Waals surface area (Å²) in [5.41, 5.74) is 5.67. The Kier molecular flexibility index (Phi) is 3.98. The molecule has 0 saturated heterocycles. The van der Waals surface area contributed by atoms with Crippen LogP contribution >= 0.6 is 12.2 Å². The molecule has 0 amide bonds. The van der Waals surface area contributed by atoms with E-state index in [1.807, 2.05) is 0 Å². The van der Waals surface area contributed by atoms with Crippen LogP contribution in [0, 0.1) is 5.92 Å². The van der Waals surface area contributed by atoms with Crippen molar-refractivity contribution in [1.29, 1.82) is 0 Å². The lowest BCUT2D eigenvalue weighted by Crippen LogP contribution is -2.40. The van der Waals surface area contributed by atoms with Crippen LogP contribution in [0.15, 0.2) is 0 Å². The standard InChI is InChI=1S/C12H22N2S/c13-12(15)9-14(8-7-10-5-6-10)11-3-1-2-4-11/h10-11H,1-9H2,(H2,13,15). The average molecular weight is 226 g/mol. The van der Waals surface area contributed by atoms with Crippen molar-refractivity contribution in [2.45, 2.75) is 51.0 Å². The molecule has 2 N–H and O–H groups in total. The zero-order chi connectivity index (χ0) is 10.7. The predicted molar refractivity (Wildman–Crippen MR) is 68.0 cm³/mol. The maximum absolute atomic E-state index is 5.67. The quantitative estimate of drug-likeness (QED) is 0.705. The highest BCUT2D eigenvalue weighted by atomic mass is 32.1. The predicted octanol–water partition coefficient (Wildman–Crippen LogP) is 2.32. The monoisotopic (exact) mass is 226 g/mol. The highest BCUT2D eigenvalue weighted by molar-refractivity contribution is 7.80. The topological polar surface area (TPSA) is 29.3 Å². The van der Waals surface area contributed by atoms with Crippen molar-refractivity contribution in [3.63, 3.8) is 0 Å². The second-order valence-electron chi connectivity index (χ2n) is 5.11. The summed E-state index contributed by atoms with van der Waals surface area (Å²) >= 11 is 5.04. The molecule has 0 bridgehead atoms. The van der Waals surface area contributed by atoms with Crippen molar-refractivity contribution >= 4 is 17.2 Å². The summed E-state index contributed by atoms with van der Waals surface area (Å²) in [5, 5.41) is 0. The van der Waals surface area contributed by atoms with Crippen LogP contribution in [0.3, 0.4) is 0 Å². The number of nitrogens with two attached hydrogens (primary N) is 1. The molecular weight excluding hydrogens is 204 g/mol. The van der Waals surface area contributed by atoms with Gasteiger partial charge in [0.15, 0.2) is 0 Å². The van der Waals surface area contributed by atoms with Crippen molar-refractivity contribution in [1.82, 2.24) is 4.90 Å². The summed E-state index contributed by atoms with van der Waals surface area (Å²) in [5.74, 6) is 1.01. The Hall–Kier alpha value is -0.150. The molecule has 0 aliphatic heterocycles. The molecule has 2 fully saturated rings. The maximum atomic E-state index is 5.67. The molecule has 15 heavy (non-hydrogen) atoms. The van der Waals surface area contributed by atoms with Crippen LogP contribution in [0.2, 0.25) is 0 Å². The van der Waals surface area contributed by atoms with E-state index in [-0.39, 0.29) is 0 Å². The minimum Gasteiger partial charge on any atom is -0.392 e. The molecule has 2 aliphatic rings. The largest absolute Gasteiger partial charge is 0.392 e. The van der Waals surface area contributed by atoms with Gasteiger partial charge in [-0.05, 0) is 31.7 Å². The molecule has 0 heterocycles. The molecule has 0 aromatic carbocycles. The fourth-order valence-electron chi connectivity index (χ4n) is 2.62. The van der Waals surface area contributed by atoms with E-state index in [0.29, 0.717) is 4.99 Å². The van der Waals surface area contributed by atoms with Gasteiger partial charge in [0.2, 0.25) is 0 Å². The Morgan fingerprint density at radius 2 is 1.87 bits per heavy atom. The SMILES string of the molecule is NC(=S)CN(CCC1CC1)C1CCCC1. The van der Waals surface area contributed by atoms with Crippen LogP contribution in [0.25, 0.3) is 0 Å². The lowest BCUT2D eigenvalue weighted by molar-refractivity contribution is 0.221.